The van der Waals surface area contributed by atoms with E-state index < -0.39 is 0 Å². The van der Waals surface area contributed by atoms with Crippen LogP contribution in [-0.4, -0.2) is 53.4 Å². The molecular weight excluding hydrogens is 306 g/mol. The molecule has 1 aromatic rings. The van der Waals surface area contributed by atoms with Crippen LogP contribution in [0, 0.1) is 0 Å². The van der Waals surface area contributed by atoms with Crippen molar-refractivity contribution < 1.29 is 4.79 Å². The van der Waals surface area contributed by atoms with Crippen LogP contribution in [0.3, 0.4) is 0 Å². The third kappa shape index (κ3) is 3.54. The van der Waals surface area contributed by atoms with Crippen LogP contribution in [0.1, 0.15) is 30.1 Å². The zero-order valence-corrected chi connectivity index (χ0v) is 13.1. The van der Waals surface area contributed by atoms with Gasteiger partial charge in [-0.1, -0.05) is 6.92 Å². The molecule has 1 unspecified atom stereocenters. The first kappa shape index (κ1) is 14.5. The lowest BCUT2D eigenvalue weighted by atomic mass is 10.2. The molecule has 0 spiro atoms. The van der Waals surface area contributed by atoms with Crippen LogP contribution in [0.15, 0.2) is 22.9 Å². The van der Waals surface area contributed by atoms with Crippen molar-refractivity contribution in [2.45, 2.75) is 25.8 Å². The molecule has 4 nitrogen and oxygen atoms in total. The van der Waals surface area contributed by atoms with Crippen molar-refractivity contribution in [3.05, 3.63) is 28.5 Å². The summed E-state index contributed by atoms with van der Waals surface area (Å²) < 4.78 is 0.697. The molecule has 1 aromatic heterocycles. The average molecular weight is 326 g/mol. The Morgan fingerprint density at radius 3 is 3.11 bits per heavy atom. The number of rotatable bonds is 4. The normalized spacial score (nSPS) is 19.6. The molecule has 0 saturated carbocycles. The first-order chi connectivity index (χ1) is 9.11. The summed E-state index contributed by atoms with van der Waals surface area (Å²) in [7, 11) is 1.88. The number of hydrogen-bond donors (Lipinski definition) is 0. The van der Waals surface area contributed by atoms with Gasteiger partial charge in [-0.25, -0.2) is 4.98 Å². The Morgan fingerprint density at radius 1 is 1.63 bits per heavy atom. The van der Waals surface area contributed by atoms with Gasteiger partial charge in [0.2, 0.25) is 0 Å². The molecule has 1 aliphatic rings. The quantitative estimate of drug-likeness (QED) is 0.797. The highest BCUT2D eigenvalue weighted by atomic mass is 79.9. The molecule has 1 aliphatic heterocycles. The number of likely N-dealkylation sites (N-methyl/N-ethyl adjacent to an activating group) is 2. The lowest BCUT2D eigenvalue weighted by Crippen LogP contribution is -2.41. The fraction of sp³-hybridized carbons (Fsp3) is 0.571. The highest BCUT2D eigenvalue weighted by Crippen LogP contribution is 2.18. The molecule has 1 saturated heterocycles. The Balaban J connectivity index is 1.99. The molecule has 1 atom stereocenters. The van der Waals surface area contributed by atoms with Gasteiger partial charge in [0.15, 0.2) is 0 Å². The van der Waals surface area contributed by atoms with Gasteiger partial charge in [-0.2, -0.15) is 0 Å². The van der Waals surface area contributed by atoms with E-state index in [4.69, 9.17) is 0 Å². The number of amides is 1. The van der Waals surface area contributed by atoms with Crippen molar-refractivity contribution in [2.24, 2.45) is 0 Å². The van der Waals surface area contributed by atoms with Crippen molar-refractivity contribution in [3.63, 3.8) is 0 Å². The topological polar surface area (TPSA) is 36.4 Å². The van der Waals surface area contributed by atoms with Crippen molar-refractivity contribution in [1.82, 2.24) is 14.8 Å². The molecule has 5 heteroatoms. The molecule has 104 valence electrons. The Bertz CT molecular complexity index is 452. The highest BCUT2D eigenvalue weighted by molar-refractivity contribution is 9.10. The van der Waals surface area contributed by atoms with Gasteiger partial charge < -0.3 is 4.90 Å². The minimum absolute atomic E-state index is 0.0612. The molecule has 0 aromatic carbocycles. The smallest absolute Gasteiger partial charge is 0.253 e. The minimum Gasteiger partial charge on any atom is -0.340 e. The summed E-state index contributed by atoms with van der Waals surface area (Å²) in [6, 6.07) is 4.03. The zero-order valence-electron chi connectivity index (χ0n) is 11.5. The summed E-state index contributed by atoms with van der Waals surface area (Å²) >= 11 is 3.30. The number of pyridine rings is 1. The van der Waals surface area contributed by atoms with Gasteiger partial charge in [0.25, 0.3) is 5.91 Å². The van der Waals surface area contributed by atoms with Gasteiger partial charge in [0, 0.05) is 31.4 Å². The van der Waals surface area contributed by atoms with Crippen LogP contribution in [-0.2, 0) is 0 Å². The summed E-state index contributed by atoms with van der Waals surface area (Å²) in [6.07, 6.45) is 4.08. The van der Waals surface area contributed by atoms with E-state index in [0.29, 0.717) is 16.2 Å². The predicted octanol–water partition coefficient (Wildman–Crippen LogP) is 2.40. The molecule has 2 rings (SSSR count). The summed E-state index contributed by atoms with van der Waals surface area (Å²) in [4.78, 5) is 20.7. The number of hydrogen-bond acceptors (Lipinski definition) is 3. The molecule has 2 heterocycles. The van der Waals surface area contributed by atoms with Gasteiger partial charge in [-0.3, -0.25) is 9.69 Å². The van der Waals surface area contributed by atoms with Crippen molar-refractivity contribution in [3.8, 4) is 0 Å². The predicted molar refractivity (Wildman–Crippen MR) is 79.2 cm³/mol. The average Bonchev–Trinajstić information content (AvgIpc) is 2.85. The summed E-state index contributed by atoms with van der Waals surface area (Å²) in [5.74, 6) is 0.0612. The maximum absolute atomic E-state index is 12.3. The molecular formula is C14H20BrN3O. The van der Waals surface area contributed by atoms with Crippen LogP contribution in [0.2, 0.25) is 0 Å². The molecule has 0 bridgehead atoms. The number of carbonyl (C=O) groups is 1. The number of carbonyl (C=O) groups excluding carboxylic acids is 1. The second kappa shape index (κ2) is 6.48. The first-order valence-corrected chi connectivity index (χ1v) is 7.52. The van der Waals surface area contributed by atoms with E-state index in [-0.39, 0.29) is 5.91 Å². The summed E-state index contributed by atoms with van der Waals surface area (Å²) in [6.45, 7) is 5.20. The number of halogens is 1. The Morgan fingerprint density at radius 2 is 2.42 bits per heavy atom. The van der Waals surface area contributed by atoms with E-state index in [1.54, 1.807) is 18.3 Å². The highest BCUT2D eigenvalue weighted by Gasteiger charge is 2.25. The number of likely N-dealkylation sites (tertiary alicyclic amines) is 1. The van der Waals surface area contributed by atoms with Crippen LogP contribution in [0.5, 0.6) is 0 Å². The second-order valence-corrected chi connectivity index (χ2v) is 5.79. The summed E-state index contributed by atoms with van der Waals surface area (Å²) in [5.41, 5.74) is 0.686. The van der Waals surface area contributed by atoms with Gasteiger partial charge in [0.05, 0.1) is 0 Å². The third-order valence-electron chi connectivity index (χ3n) is 3.71. The lowest BCUT2D eigenvalue weighted by Gasteiger charge is -2.27. The maximum Gasteiger partial charge on any atom is 0.253 e. The molecule has 0 radical (unpaired) electrons. The van der Waals surface area contributed by atoms with E-state index >= 15 is 0 Å². The number of aromatic nitrogens is 1. The van der Waals surface area contributed by atoms with Crippen molar-refractivity contribution >= 4 is 21.8 Å². The van der Waals surface area contributed by atoms with E-state index in [0.717, 1.165) is 19.6 Å². The van der Waals surface area contributed by atoms with E-state index in [1.165, 1.54) is 12.8 Å². The SMILES string of the molecule is CCN1CCCC1CN(C)C(=O)c1ccnc(Br)c1. The minimum atomic E-state index is 0.0612. The molecule has 0 aliphatic carbocycles. The third-order valence-corrected chi connectivity index (χ3v) is 4.14. The maximum atomic E-state index is 12.3. The van der Waals surface area contributed by atoms with E-state index in [2.05, 4.69) is 32.7 Å². The van der Waals surface area contributed by atoms with Crippen LogP contribution >= 0.6 is 15.9 Å². The van der Waals surface area contributed by atoms with Crippen LogP contribution in [0.4, 0.5) is 0 Å². The fourth-order valence-corrected chi connectivity index (χ4v) is 3.04. The lowest BCUT2D eigenvalue weighted by molar-refractivity contribution is 0.0754. The fourth-order valence-electron chi connectivity index (χ4n) is 2.67. The largest absolute Gasteiger partial charge is 0.340 e. The van der Waals surface area contributed by atoms with E-state index in [9.17, 15) is 4.79 Å². The Hall–Kier alpha value is -0.940. The zero-order chi connectivity index (χ0) is 13.8. The van der Waals surface area contributed by atoms with Gasteiger partial charge in [0.1, 0.15) is 4.60 Å². The molecule has 1 fully saturated rings. The Labute approximate surface area is 122 Å². The van der Waals surface area contributed by atoms with E-state index in [1.807, 2.05) is 11.9 Å². The first-order valence-electron chi connectivity index (χ1n) is 6.73. The molecule has 1 amide bonds. The van der Waals surface area contributed by atoms with Crippen molar-refractivity contribution in [1.29, 1.82) is 0 Å². The van der Waals surface area contributed by atoms with Gasteiger partial charge >= 0.3 is 0 Å². The van der Waals surface area contributed by atoms with Crippen LogP contribution in [0.25, 0.3) is 0 Å². The monoisotopic (exact) mass is 325 g/mol. The van der Waals surface area contributed by atoms with Crippen molar-refractivity contribution in [2.75, 3.05) is 26.7 Å². The van der Waals surface area contributed by atoms with Gasteiger partial charge in [-0.15, -0.1) is 0 Å². The number of nitrogens with zero attached hydrogens (tertiary/aromatic N) is 3. The standard InChI is InChI=1S/C14H20BrN3O/c1-3-18-8-4-5-12(18)10-17(2)14(19)11-6-7-16-13(15)9-11/h6-7,9,12H,3-5,8,10H2,1-2H3. The van der Waals surface area contributed by atoms with Crippen LogP contribution < -0.4 is 0 Å². The Kier molecular flexibility index (Phi) is 4.93. The second-order valence-electron chi connectivity index (χ2n) is 4.98. The van der Waals surface area contributed by atoms with Gasteiger partial charge in [-0.05, 0) is 54.0 Å². The summed E-state index contributed by atoms with van der Waals surface area (Å²) in [5, 5.41) is 0. The molecule has 0 N–H and O–H groups in total. The molecule has 19 heavy (non-hydrogen) atoms.